The Morgan fingerprint density at radius 1 is 0.943 bits per heavy atom. The summed E-state index contributed by atoms with van der Waals surface area (Å²) in [6.07, 6.45) is 1.74. The Morgan fingerprint density at radius 3 is 2.40 bits per heavy atom. The number of carbonyl (C=O) groups excluding carboxylic acids is 1. The first-order valence-corrected chi connectivity index (χ1v) is 11.7. The highest BCUT2D eigenvalue weighted by molar-refractivity contribution is 6.33. The number of anilines is 1. The number of halogens is 2. The molecule has 1 heterocycles. The molecule has 0 saturated carbocycles. The van der Waals surface area contributed by atoms with E-state index in [1.807, 2.05) is 43.3 Å². The number of rotatable bonds is 8. The third kappa shape index (κ3) is 5.61. The topological polar surface area (TPSA) is 60.4 Å². The number of para-hydroxylation sites is 1. The number of hydrazone groups is 1. The van der Waals surface area contributed by atoms with Crippen molar-refractivity contribution in [2.75, 3.05) is 25.3 Å². The van der Waals surface area contributed by atoms with E-state index in [1.54, 1.807) is 37.3 Å². The van der Waals surface area contributed by atoms with Gasteiger partial charge in [0.05, 0.1) is 29.1 Å². The minimum absolute atomic E-state index is 0.210. The zero-order valence-electron chi connectivity index (χ0n) is 19.5. The molecule has 0 atom stereocenters. The molecule has 180 valence electrons. The second kappa shape index (κ2) is 10.8. The standard InChI is InChI=1S/C27H24Cl2N2O4/c1-17-13-21(9-10-23(17)28)34-11-12-35-26-24(29)15-19(16-25(26)33-3)14-22-18(2)30-31(27(22)32)20-7-5-4-6-8-20/h4-10,13-16H,11-12H2,1-3H3/b22-14-. The highest BCUT2D eigenvalue weighted by Gasteiger charge is 2.28. The number of benzene rings is 3. The molecule has 3 aromatic rings. The summed E-state index contributed by atoms with van der Waals surface area (Å²) >= 11 is 12.6. The number of aryl methyl sites for hydroxylation is 1. The molecule has 0 fully saturated rings. The summed E-state index contributed by atoms with van der Waals surface area (Å²) < 4.78 is 17.1. The Kier molecular flexibility index (Phi) is 7.63. The molecule has 35 heavy (non-hydrogen) atoms. The highest BCUT2D eigenvalue weighted by Crippen LogP contribution is 2.37. The Labute approximate surface area is 214 Å². The summed E-state index contributed by atoms with van der Waals surface area (Å²) in [7, 11) is 1.53. The molecule has 1 aliphatic heterocycles. The fourth-order valence-electron chi connectivity index (χ4n) is 3.57. The van der Waals surface area contributed by atoms with Crippen molar-refractivity contribution < 1.29 is 19.0 Å². The third-order valence-corrected chi connectivity index (χ3v) is 6.06. The number of amides is 1. The molecule has 1 amide bonds. The van der Waals surface area contributed by atoms with Crippen LogP contribution in [0.4, 0.5) is 5.69 Å². The summed E-state index contributed by atoms with van der Waals surface area (Å²) in [6, 6.07) is 18.2. The smallest absolute Gasteiger partial charge is 0.280 e. The quantitative estimate of drug-likeness (QED) is 0.253. The summed E-state index contributed by atoms with van der Waals surface area (Å²) in [5.41, 5.74) is 3.43. The summed E-state index contributed by atoms with van der Waals surface area (Å²) in [5.74, 6) is 1.35. The number of carbonyl (C=O) groups is 1. The molecule has 0 aliphatic carbocycles. The van der Waals surface area contributed by atoms with E-state index in [9.17, 15) is 4.79 Å². The maximum atomic E-state index is 13.0. The lowest BCUT2D eigenvalue weighted by Gasteiger charge is -2.14. The molecular formula is C27H24Cl2N2O4. The van der Waals surface area contributed by atoms with Crippen LogP contribution in [0.1, 0.15) is 18.1 Å². The van der Waals surface area contributed by atoms with Crippen LogP contribution in [0.2, 0.25) is 10.0 Å². The van der Waals surface area contributed by atoms with E-state index in [1.165, 1.54) is 12.1 Å². The monoisotopic (exact) mass is 510 g/mol. The summed E-state index contributed by atoms with van der Waals surface area (Å²) in [4.78, 5) is 13.0. The van der Waals surface area contributed by atoms with Crippen LogP contribution in [-0.4, -0.2) is 31.9 Å². The van der Waals surface area contributed by atoms with Crippen molar-refractivity contribution in [2.24, 2.45) is 5.10 Å². The maximum absolute atomic E-state index is 13.0. The Morgan fingerprint density at radius 2 is 1.69 bits per heavy atom. The van der Waals surface area contributed by atoms with Crippen molar-refractivity contribution in [3.8, 4) is 17.2 Å². The molecular weight excluding hydrogens is 487 g/mol. The van der Waals surface area contributed by atoms with Crippen molar-refractivity contribution in [3.05, 3.63) is 87.4 Å². The van der Waals surface area contributed by atoms with Crippen LogP contribution < -0.4 is 19.2 Å². The van der Waals surface area contributed by atoms with Gasteiger partial charge >= 0.3 is 0 Å². The van der Waals surface area contributed by atoms with E-state index < -0.39 is 0 Å². The van der Waals surface area contributed by atoms with Crippen LogP contribution in [0.25, 0.3) is 6.08 Å². The van der Waals surface area contributed by atoms with E-state index in [0.29, 0.717) is 56.4 Å². The van der Waals surface area contributed by atoms with Crippen LogP contribution in [0.5, 0.6) is 17.2 Å². The van der Waals surface area contributed by atoms with Crippen molar-refractivity contribution in [1.82, 2.24) is 0 Å². The first-order chi connectivity index (χ1) is 16.9. The van der Waals surface area contributed by atoms with E-state index in [4.69, 9.17) is 37.4 Å². The van der Waals surface area contributed by atoms with Crippen LogP contribution in [-0.2, 0) is 4.79 Å². The van der Waals surface area contributed by atoms with Gasteiger partial charge in [0.15, 0.2) is 11.5 Å². The van der Waals surface area contributed by atoms with Gasteiger partial charge in [0.1, 0.15) is 19.0 Å². The predicted molar refractivity (Wildman–Crippen MR) is 140 cm³/mol. The molecule has 0 aromatic heterocycles. The molecule has 0 radical (unpaired) electrons. The van der Waals surface area contributed by atoms with Gasteiger partial charge in [0.25, 0.3) is 5.91 Å². The lowest BCUT2D eigenvalue weighted by Crippen LogP contribution is -2.21. The first kappa shape index (κ1) is 24.6. The van der Waals surface area contributed by atoms with E-state index >= 15 is 0 Å². The van der Waals surface area contributed by atoms with Gasteiger partial charge in [-0.2, -0.15) is 10.1 Å². The van der Waals surface area contributed by atoms with Crippen molar-refractivity contribution in [1.29, 1.82) is 0 Å². The average molecular weight is 511 g/mol. The molecule has 6 nitrogen and oxygen atoms in total. The van der Waals surface area contributed by atoms with E-state index in [2.05, 4.69) is 5.10 Å². The van der Waals surface area contributed by atoms with Gasteiger partial charge in [-0.3, -0.25) is 4.79 Å². The lowest BCUT2D eigenvalue weighted by molar-refractivity contribution is -0.114. The zero-order valence-corrected chi connectivity index (χ0v) is 21.1. The number of hydrogen-bond donors (Lipinski definition) is 0. The highest BCUT2D eigenvalue weighted by atomic mass is 35.5. The van der Waals surface area contributed by atoms with Crippen LogP contribution in [0.3, 0.4) is 0 Å². The van der Waals surface area contributed by atoms with Crippen LogP contribution in [0.15, 0.2) is 71.3 Å². The fraction of sp³-hybridized carbons (Fsp3) is 0.185. The molecule has 0 N–H and O–H groups in total. The molecule has 0 bridgehead atoms. The van der Waals surface area contributed by atoms with Gasteiger partial charge in [-0.05, 0) is 73.5 Å². The number of hydrogen-bond acceptors (Lipinski definition) is 5. The number of ether oxygens (including phenoxy) is 3. The van der Waals surface area contributed by atoms with Gasteiger partial charge in [0, 0.05) is 5.02 Å². The molecule has 0 spiro atoms. The fourth-order valence-corrected chi connectivity index (χ4v) is 3.96. The van der Waals surface area contributed by atoms with Gasteiger partial charge in [-0.1, -0.05) is 41.4 Å². The van der Waals surface area contributed by atoms with Crippen LogP contribution >= 0.6 is 23.2 Å². The number of methoxy groups -OCH3 is 1. The minimum atomic E-state index is -0.210. The second-order valence-corrected chi connectivity index (χ2v) is 8.65. The molecule has 0 saturated heterocycles. The van der Waals surface area contributed by atoms with E-state index in [-0.39, 0.29) is 12.5 Å². The normalized spacial score (nSPS) is 14.3. The largest absolute Gasteiger partial charge is 0.493 e. The Balaban J connectivity index is 1.46. The molecule has 8 heteroatoms. The summed E-state index contributed by atoms with van der Waals surface area (Å²) in [5, 5.41) is 6.84. The predicted octanol–water partition coefficient (Wildman–Crippen LogP) is 6.57. The number of nitrogens with zero attached hydrogens (tertiary/aromatic N) is 2. The minimum Gasteiger partial charge on any atom is -0.493 e. The van der Waals surface area contributed by atoms with Gasteiger partial charge in [-0.15, -0.1) is 0 Å². The molecule has 0 unspecified atom stereocenters. The maximum Gasteiger partial charge on any atom is 0.280 e. The summed E-state index contributed by atoms with van der Waals surface area (Å²) in [6.45, 7) is 4.28. The van der Waals surface area contributed by atoms with Gasteiger partial charge in [0.2, 0.25) is 0 Å². The van der Waals surface area contributed by atoms with Gasteiger partial charge in [-0.25, -0.2) is 0 Å². The van der Waals surface area contributed by atoms with Crippen molar-refractivity contribution >= 4 is 46.6 Å². The van der Waals surface area contributed by atoms with Crippen molar-refractivity contribution in [3.63, 3.8) is 0 Å². The lowest BCUT2D eigenvalue weighted by atomic mass is 10.1. The molecule has 4 rings (SSSR count). The van der Waals surface area contributed by atoms with Gasteiger partial charge < -0.3 is 14.2 Å². The first-order valence-electron chi connectivity index (χ1n) is 10.9. The molecule has 1 aliphatic rings. The Hall–Kier alpha value is -3.48. The average Bonchev–Trinajstić information content (AvgIpc) is 3.13. The SMILES string of the molecule is COc1cc(/C=C2\C(=O)N(c3ccccc3)N=C2C)cc(Cl)c1OCCOc1ccc(Cl)c(C)c1. The van der Waals surface area contributed by atoms with Crippen LogP contribution in [0, 0.1) is 6.92 Å². The molecule has 3 aromatic carbocycles. The second-order valence-electron chi connectivity index (χ2n) is 7.84. The third-order valence-electron chi connectivity index (χ3n) is 5.35. The zero-order chi connectivity index (χ0) is 24.9. The van der Waals surface area contributed by atoms with E-state index in [0.717, 1.165) is 5.56 Å². The Bertz CT molecular complexity index is 1310. The van der Waals surface area contributed by atoms with Crippen molar-refractivity contribution in [2.45, 2.75) is 13.8 Å².